The lowest BCUT2D eigenvalue weighted by Crippen LogP contribution is -2.20. The lowest BCUT2D eigenvalue weighted by Gasteiger charge is -2.15. The van der Waals surface area contributed by atoms with Gasteiger partial charge in [0.1, 0.15) is 6.33 Å². The standard InChI is InChI=1S/C16H16N6O2S/c1-11(23)18-13-2-4-14(5-3-13)19-16(24)8-15(12-6-7-25-9-12)22-10-17-20-21-22/h2-7,9-10,15H,8H2,1H3,(H,18,23)(H,19,24)/t15-/m0/s1. The first-order valence-corrected chi connectivity index (χ1v) is 8.48. The summed E-state index contributed by atoms with van der Waals surface area (Å²) in [7, 11) is 0. The van der Waals surface area contributed by atoms with Gasteiger partial charge in [0, 0.05) is 18.3 Å². The summed E-state index contributed by atoms with van der Waals surface area (Å²) in [5, 5.41) is 20.7. The van der Waals surface area contributed by atoms with Gasteiger partial charge in [-0.1, -0.05) is 0 Å². The molecular weight excluding hydrogens is 340 g/mol. The molecule has 2 amide bonds. The van der Waals surface area contributed by atoms with Crippen molar-refractivity contribution in [2.45, 2.75) is 19.4 Å². The Balaban J connectivity index is 1.67. The van der Waals surface area contributed by atoms with E-state index in [9.17, 15) is 9.59 Å². The van der Waals surface area contributed by atoms with E-state index in [1.54, 1.807) is 40.3 Å². The van der Waals surface area contributed by atoms with Crippen molar-refractivity contribution >= 4 is 34.5 Å². The summed E-state index contributed by atoms with van der Waals surface area (Å²) in [6, 6.07) is 8.62. The van der Waals surface area contributed by atoms with Crippen LogP contribution in [-0.2, 0) is 9.59 Å². The number of amides is 2. The van der Waals surface area contributed by atoms with E-state index in [0.717, 1.165) is 5.56 Å². The second-order valence-corrected chi connectivity index (χ2v) is 6.15. The predicted molar refractivity (Wildman–Crippen MR) is 94.3 cm³/mol. The number of hydrogen-bond acceptors (Lipinski definition) is 6. The molecule has 0 aliphatic heterocycles. The second kappa shape index (κ2) is 7.67. The Labute approximate surface area is 147 Å². The molecule has 3 aromatic rings. The fourth-order valence-electron chi connectivity index (χ4n) is 2.37. The van der Waals surface area contributed by atoms with Crippen LogP contribution in [0.3, 0.4) is 0 Å². The van der Waals surface area contributed by atoms with Gasteiger partial charge < -0.3 is 10.6 Å². The van der Waals surface area contributed by atoms with Crippen LogP contribution < -0.4 is 10.6 Å². The number of carbonyl (C=O) groups excluding carboxylic acids is 2. The van der Waals surface area contributed by atoms with Crippen molar-refractivity contribution in [1.29, 1.82) is 0 Å². The van der Waals surface area contributed by atoms with E-state index in [-0.39, 0.29) is 24.3 Å². The number of rotatable bonds is 6. The largest absolute Gasteiger partial charge is 0.326 e. The number of carbonyl (C=O) groups is 2. The minimum absolute atomic E-state index is 0.142. The molecule has 2 N–H and O–H groups in total. The van der Waals surface area contributed by atoms with Gasteiger partial charge >= 0.3 is 0 Å². The van der Waals surface area contributed by atoms with E-state index >= 15 is 0 Å². The Kier molecular flexibility index (Phi) is 5.14. The molecule has 0 aliphatic rings. The minimum Gasteiger partial charge on any atom is -0.326 e. The first-order valence-electron chi connectivity index (χ1n) is 7.54. The van der Waals surface area contributed by atoms with Gasteiger partial charge in [0.05, 0.1) is 12.5 Å². The van der Waals surface area contributed by atoms with Crippen molar-refractivity contribution in [3.8, 4) is 0 Å². The zero-order valence-corrected chi connectivity index (χ0v) is 14.2. The van der Waals surface area contributed by atoms with Crippen LogP contribution in [0.1, 0.15) is 24.9 Å². The Morgan fingerprint density at radius 3 is 2.44 bits per heavy atom. The maximum absolute atomic E-state index is 12.4. The molecule has 1 atom stereocenters. The van der Waals surface area contributed by atoms with Crippen LogP contribution in [-0.4, -0.2) is 32.0 Å². The van der Waals surface area contributed by atoms with Crippen molar-refractivity contribution in [2.24, 2.45) is 0 Å². The van der Waals surface area contributed by atoms with Crippen LogP contribution in [0.15, 0.2) is 47.4 Å². The van der Waals surface area contributed by atoms with E-state index in [0.29, 0.717) is 11.4 Å². The third-order valence-corrected chi connectivity index (χ3v) is 4.18. The number of tetrazole rings is 1. The van der Waals surface area contributed by atoms with Crippen molar-refractivity contribution in [1.82, 2.24) is 20.2 Å². The molecular formula is C16H16N6O2S. The summed E-state index contributed by atoms with van der Waals surface area (Å²) < 4.78 is 1.57. The van der Waals surface area contributed by atoms with E-state index in [4.69, 9.17) is 0 Å². The maximum Gasteiger partial charge on any atom is 0.226 e. The lowest BCUT2D eigenvalue weighted by molar-refractivity contribution is -0.117. The van der Waals surface area contributed by atoms with E-state index < -0.39 is 0 Å². The van der Waals surface area contributed by atoms with Crippen molar-refractivity contribution < 1.29 is 9.59 Å². The number of aromatic nitrogens is 4. The number of anilines is 2. The fourth-order valence-corrected chi connectivity index (χ4v) is 3.07. The molecule has 0 saturated heterocycles. The molecule has 0 saturated carbocycles. The Morgan fingerprint density at radius 1 is 1.16 bits per heavy atom. The van der Waals surface area contributed by atoms with Crippen molar-refractivity contribution in [3.63, 3.8) is 0 Å². The molecule has 1 aromatic carbocycles. The van der Waals surface area contributed by atoms with Crippen LogP contribution in [0.5, 0.6) is 0 Å². The van der Waals surface area contributed by atoms with Crippen LogP contribution in [0.25, 0.3) is 0 Å². The van der Waals surface area contributed by atoms with Crippen LogP contribution in [0, 0.1) is 0 Å². The summed E-state index contributed by atoms with van der Waals surface area (Å²) in [4.78, 5) is 23.4. The summed E-state index contributed by atoms with van der Waals surface area (Å²) in [6.07, 6.45) is 1.70. The SMILES string of the molecule is CC(=O)Nc1ccc(NC(=O)C[C@@H](c2ccsc2)n2cnnn2)cc1. The monoisotopic (exact) mass is 356 g/mol. The molecule has 2 aromatic heterocycles. The van der Waals surface area contributed by atoms with Gasteiger partial charge in [-0.25, -0.2) is 4.68 Å². The van der Waals surface area contributed by atoms with Gasteiger partial charge in [-0.15, -0.1) is 5.10 Å². The minimum atomic E-state index is -0.264. The third kappa shape index (κ3) is 4.48. The quantitative estimate of drug-likeness (QED) is 0.706. The summed E-state index contributed by atoms with van der Waals surface area (Å²) in [5.41, 5.74) is 2.31. The predicted octanol–water partition coefficient (Wildman–Crippen LogP) is 2.31. The molecule has 0 fully saturated rings. The van der Waals surface area contributed by atoms with E-state index in [2.05, 4.69) is 26.2 Å². The number of thiophene rings is 1. The second-order valence-electron chi connectivity index (χ2n) is 5.37. The number of benzene rings is 1. The van der Waals surface area contributed by atoms with Crippen LogP contribution >= 0.6 is 11.3 Å². The third-order valence-electron chi connectivity index (χ3n) is 3.48. The van der Waals surface area contributed by atoms with Gasteiger partial charge in [-0.2, -0.15) is 11.3 Å². The number of nitrogens with zero attached hydrogens (tertiary/aromatic N) is 4. The molecule has 0 bridgehead atoms. The Morgan fingerprint density at radius 2 is 1.88 bits per heavy atom. The highest BCUT2D eigenvalue weighted by atomic mass is 32.1. The van der Waals surface area contributed by atoms with Gasteiger partial charge in [0.2, 0.25) is 11.8 Å². The number of hydrogen-bond donors (Lipinski definition) is 2. The highest BCUT2D eigenvalue weighted by molar-refractivity contribution is 7.08. The zero-order chi connectivity index (χ0) is 17.6. The van der Waals surface area contributed by atoms with Gasteiger partial charge in [0.15, 0.2) is 0 Å². The zero-order valence-electron chi connectivity index (χ0n) is 13.4. The molecule has 9 heteroatoms. The smallest absolute Gasteiger partial charge is 0.226 e. The summed E-state index contributed by atoms with van der Waals surface area (Å²) >= 11 is 1.55. The molecule has 0 aliphatic carbocycles. The molecule has 3 rings (SSSR count). The molecule has 25 heavy (non-hydrogen) atoms. The molecule has 0 radical (unpaired) electrons. The van der Waals surface area contributed by atoms with Crippen LogP contribution in [0.4, 0.5) is 11.4 Å². The first-order chi connectivity index (χ1) is 12.1. The highest BCUT2D eigenvalue weighted by Gasteiger charge is 2.19. The van der Waals surface area contributed by atoms with Crippen molar-refractivity contribution in [2.75, 3.05) is 10.6 Å². The topological polar surface area (TPSA) is 102 Å². The molecule has 8 nitrogen and oxygen atoms in total. The molecule has 0 unspecified atom stereocenters. The summed E-state index contributed by atoms with van der Waals surface area (Å²) in [6.45, 7) is 1.44. The summed E-state index contributed by atoms with van der Waals surface area (Å²) in [5.74, 6) is -0.296. The van der Waals surface area contributed by atoms with Gasteiger partial charge in [0.25, 0.3) is 0 Å². The fraction of sp³-hybridized carbons (Fsp3) is 0.188. The van der Waals surface area contributed by atoms with E-state index in [1.807, 2.05) is 16.8 Å². The average Bonchev–Trinajstić information content (AvgIpc) is 3.28. The normalized spacial score (nSPS) is 11.7. The van der Waals surface area contributed by atoms with Gasteiger partial charge in [-0.05, 0) is 57.1 Å². The first kappa shape index (κ1) is 16.8. The van der Waals surface area contributed by atoms with E-state index in [1.165, 1.54) is 13.3 Å². The number of nitrogens with one attached hydrogen (secondary N) is 2. The molecule has 2 heterocycles. The molecule has 0 spiro atoms. The average molecular weight is 356 g/mol. The van der Waals surface area contributed by atoms with Crippen molar-refractivity contribution in [3.05, 3.63) is 53.0 Å². The Hall–Kier alpha value is -3.07. The maximum atomic E-state index is 12.4. The highest BCUT2D eigenvalue weighted by Crippen LogP contribution is 2.24. The lowest BCUT2D eigenvalue weighted by atomic mass is 10.1. The molecule has 128 valence electrons. The van der Waals surface area contributed by atoms with Gasteiger partial charge in [-0.3, -0.25) is 9.59 Å². The van der Waals surface area contributed by atoms with Crippen LogP contribution in [0.2, 0.25) is 0 Å². The Bertz CT molecular complexity index is 796.